The summed E-state index contributed by atoms with van der Waals surface area (Å²) in [6, 6.07) is 0. The van der Waals surface area contributed by atoms with Crippen LogP contribution in [0.2, 0.25) is 0 Å². The summed E-state index contributed by atoms with van der Waals surface area (Å²) in [6.45, 7) is 2.86. The monoisotopic (exact) mass is 267 g/mol. The summed E-state index contributed by atoms with van der Waals surface area (Å²) in [5.41, 5.74) is 0. The zero-order valence-electron chi connectivity index (χ0n) is 10.6. The van der Waals surface area contributed by atoms with E-state index in [1.54, 1.807) is 11.9 Å². The molecule has 1 aliphatic heterocycles. The lowest BCUT2D eigenvalue weighted by Gasteiger charge is -2.24. The summed E-state index contributed by atoms with van der Waals surface area (Å²) in [5, 5.41) is 3.17. The molecule has 7 heteroatoms. The number of likely N-dealkylation sites (N-methyl/N-ethyl adjacent to an activating group) is 1. The molecule has 1 fully saturated rings. The van der Waals surface area contributed by atoms with E-state index in [-0.39, 0.29) is 19.0 Å². The van der Waals surface area contributed by atoms with Gasteiger partial charge in [0.25, 0.3) is 0 Å². The maximum Gasteiger partial charge on any atom is 0.390 e. The van der Waals surface area contributed by atoms with Crippen LogP contribution in [0, 0.1) is 0 Å². The smallest absolute Gasteiger partial charge is 0.340 e. The normalized spacial score (nSPS) is 17.9. The lowest BCUT2D eigenvalue weighted by Crippen LogP contribution is -2.41. The molecule has 106 valence electrons. The van der Waals surface area contributed by atoms with E-state index in [1.165, 1.54) is 4.90 Å². The topological polar surface area (TPSA) is 35.6 Å². The zero-order valence-corrected chi connectivity index (χ0v) is 10.6. The van der Waals surface area contributed by atoms with Crippen molar-refractivity contribution in [1.82, 2.24) is 15.1 Å². The molecule has 1 amide bonds. The minimum Gasteiger partial charge on any atom is -0.340 e. The number of rotatable bonds is 4. The van der Waals surface area contributed by atoms with Crippen LogP contribution in [0.4, 0.5) is 13.2 Å². The summed E-state index contributed by atoms with van der Waals surface area (Å²) in [4.78, 5) is 15.0. The lowest BCUT2D eigenvalue weighted by atomic mass is 10.3. The maximum atomic E-state index is 12.0. The van der Waals surface area contributed by atoms with Gasteiger partial charge in [-0.3, -0.25) is 9.69 Å². The van der Waals surface area contributed by atoms with E-state index < -0.39 is 12.6 Å². The minimum absolute atomic E-state index is 0.0517. The van der Waals surface area contributed by atoms with Gasteiger partial charge in [0.15, 0.2) is 0 Å². The van der Waals surface area contributed by atoms with Crippen LogP contribution in [0.3, 0.4) is 0 Å². The third-order valence-electron chi connectivity index (χ3n) is 2.87. The molecule has 0 aliphatic carbocycles. The van der Waals surface area contributed by atoms with Gasteiger partial charge in [-0.1, -0.05) is 0 Å². The Labute approximate surface area is 105 Å². The Balaban J connectivity index is 2.29. The highest BCUT2D eigenvalue weighted by molar-refractivity contribution is 5.78. The van der Waals surface area contributed by atoms with E-state index in [4.69, 9.17) is 0 Å². The molecule has 1 saturated heterocycles. The Bertz CT molecular complexity index is 263. The second-order valence-electron chi connectivity index (χ2n) is 4.59. The van der Waals surface area contributed by atoms with Crippen molar-refractivity contribution >= 4 is 5.91 Å². The average molecular weight is 267 g/mol. The second kappa shape index (κ2) is 6.94. The van der Waals surface area contributed by atoms with Gasteiger partial charge in [-0.05, 0) is 20.0 Å². The highest BCUT2D eigenvalue weighted by atomic mass is 19.4. The van der Waals surface area contributed by atoms with E-state index in [0.717, 1.165) is 19.5 Å². The minimum atomic E-state index is -4.16. The molecule has 0 unspecified atom stereocenters. The molecule has 0 aromatic heterocycles. The number of carbonyl (C=O) groups excluding carboxylic acids is 1. The van der Waals surface area contributed by atoms with Crippen LogP contribution in [-0.2, 0) is 4.79 Å². The highest BCUT2D eigenvalue weighted by Crippen LogP contribution is 2.19. The number of halogens is 3. The number of carbonyl (C=O) groups is 1. The molecular weight excluding hydrogens is 247 g/mol. The van der Waals surface area contributed by atoms with E-state index >= 15 is 0 Å². The van der Waals surface area contributed by atoms with Crippen LogP contribution in [0.25, 0.3) is 0 Å². The van der Waals surface area contributed by atoms with Crippen molar-refractivity contribution in [3.63, 3.8) is 0 Å². The van der Waals surface area contributed by atoms with Crippen LogP contribution in [0.1, 0.15) is 12.8 Å². The highest BCUT2D eigenvalue weighted by Gasteiger charge is 2.27. The Morgan fingerprint density at radius 3 is 2.72 bits per heavy atom. The second-order valence-corrected chi connectivity index (χ2v) is 4.59. The van der Waals surface area contributed by atoms with E-state index in [1.807, 2.05) is 0 Å². The van der Waals surface area contributed by atoms with Gasteiger partial charge in [-0.25, -0.2) is 0 Å². The van der Waals surface area contributed by atoms with Crippen molar-refractivity contribution in [3.8, 4) is 0 Å². The molecule has 4 nitrogen and oxygen atoms in total. The van der Waals surface area contributed by atoms with Crippen molar-refractivity contribution in [3.05, 3.63) is 0 Å². The molecule has 1 N–H and O–H groups in total. The predicted octanol–water partition coefficient (Wildman–Crippen LogP) is 0.693. The molecule has 0 bridgehead atoms. The summed E-state index contributed by atoms with van der Waals surface area (Å²) >= 11 is 0. The summed E-state index contributed by atoms with van der Waals surface area (Å²) < 4.78 is 36.1. The van der Waals surface area contributed by atoms with Gasteiger partial charge in [0.2, 0.25) is 5.91 Å². The van der Waals surface area contributed by atoms with Gasteiger partial charge >= 0.3 is 6.18 Å². The first kappa shape index (κ1) is 15.2. The summed E-state index contributed by atoms with van der Waals surface area (Å²) in [6.07, 6.45) is -4.15. The Morgan fingerprint density at radius 2 is 2.06 bits per heavy atom. The van der Waals surface area contributed by atoms with Crippen molar-refractivity contribution in [2.45, 2.75) is 19.0 Å². The standard InChI is InChI=1S/C11H20F3N3O/c1-16(7-3-11(12,13)14)9-10(18)17-6-2-4-15-5-8-17/h15H,2-9H2,1H3. The van der Waals surface area contributed by atoms with Crippen LogP contribution >= 0.6 is 0 Å². The van der Waals surface area contributed by atoms with Gasteiger partial charge in [-0.2, -0.15) is 13.2 Å². The van der Waals surface area contributed by atoms with E-state index in [2.05, 4.69) is 5.32 Å². The first-order valence-corrected chi connectivity index (χ1v) is 6.12. The third-order valence-corrected chi connectivity index (χ3v) is 2.87. The van der Waals surface area contributed by atoms with Gasteiger partial charge in [0.05, 0.1) is 13.0 Å². The fraction of sp³-hybridized carbons (Fsp3) is 0.909. The number of alkyl halides is 3. The molecule has 0 aromatic carbocycles. The first-order valence-electron chi connectivity index (χ1n) is 6.12. The Kier molecular flexibility index (Phi) is 5.87. The number of hydrogen-bond donors (Lipinski definition) is 1. The van der Waals surface area contributed by atoms with Crippen LogP contribution in [0.5, 0.6) is 0 Å². The van der Waals surface area contributed by atoms with Crippen molar-refractivity contribution in [2.75, 3.05) is 46.3 Å². The quantitative estimate of drug-likeness (QED) is 0.814. The molecule has 0 aromatic rings. The molecular formula is C11H20F3N3O. The summed E-state index contributed by atoms with van der Waals surface area (Å²) in [7, 11) is 1.54. The predicted molar refractivity (Wildman–Crippen MR) is 62.2 cm³/mol. The maximum absolute atomic E-state index is 12.0. The molecule has 0 spiro atoms. The van der Waals surface area contributed by atoms with Crippen LogP contribution in [0.15, 0.2) is 0 Å². The molecule has 0 radical (unpaired) electrons. The number of nitrogens with zero attached hydrogens (tertiary/aromatic N) is 2. The van der Waals surface area contributed by atoms with E-state index in [9.17, 15) is 18.0 Å². The van der Waals surface area contributed by atoms with Crippen molar-refractivity contribution in [1.29, 1.82) is 0 Å². The molecule has 1 heterocycles. The molecule has 1 aliphatic rings. The van der Waals surface area contributed by atoms with Crippen LogP contribution < -0.4 is 5.32 Å². The van der Waals surface area contributed by atoms with E-state index in [0.29, 0.717) is 13.1 Å². The van der Waals surface area contributed by atoms with Crippen LogP contribution in [-0.4, -0.2) is 68.2 Å². The van der Waals surface area contributed by atoms with Gasteiger partial charge < -0.3 is 10.2 Å². The van der Waals surface area contributed by atoms with Crippen molar-refractivity contribution in [2.24, 2.45) is 0 Å². The fourth-order valence-electron chi connectivity index (χ4n) is 1.82. The number of nitrogens with one attached hydrogen (secondary N) is 1. The van der Waals surface area contributed by atoms with Gasteiger partial charge in [0, 0.05) is 26.2 Å². The molecule has 0 saturated carbocycles. The number of hydrogen-bond acceptors (Lipinski definition) is 3. The fourth-order valence-corrected chi connectivity index (χ4v) is 1.82. The largest absolute Gasteiger partial charge is 0.390 e. The molecule has 1 rings (SSSR count). The van der Waals surface area contributed by atoms with Crippen molar-refractivity contribution < 1.29 is 18.0 Å². The lowest BCUT2D eigenvalue weighted by molar-refractivity contribution is -0.141. The Hall–Kier alpha value is -0.820. The SMILES string of the molecule is CN(CCC(F)(F)F)CC(=O)N1CCCNCC1. The zero-order chi connectivity index (χ0) is 13.6. The number of amides is 1. The molecule has 0 atom stereocenters. The van der Waals surface area contributed by atoms with Gasteiger partial charge in [0.1, 0.15) is 0 Å². The summed E-state index contributed by atoms with van der Waals surface area (Å²) in [5.74, 6) is -0.0941. The Morgan fingerprint density at radius 1 is 1.33 bits per heavy atom. The average Bonchev–Trinajstić information content (AvgIpc) is 2.54. The first-order chi connectivity index (χ1) is 8.38. The third kappa shape index (κ3) is 6.20. The van der Waals surface area contributed by atoms with Gasteiger partial charge in [-0.15, -0.1) is 0 Å². The molecule has 18 heavy (non-hydrogen) atoms.